The minimum Gasteiger partial charge on any atom is -0.507 e. The highest BCUT2D eigenvalue weighted by molar-refractivity contribution is 5.88. The Morgan fingerprint density at radius 3 is 2.15 bits per heavy atom. The van der Waals surface area contributed by atoms with Gasteiger partial charge in [0.05, 0.1) is 16.6 Å². The number of benzene rings is 3. The predicted molar refractivity (Wildman–Crippen MR) is 165 cm³/mol. The average molecular weight is 540 g/mol. The lowest BCUT2D eigenvalue weighted by molar-refractivity contribution is 0.238. The van der Waals surface area contributed by atoms with Gasteiger partial charge < -0.3 is 14.4 Å². The van der Waals surface area contributed by atoms with E-state index >= 15 is 0 Å². The van der Waals surface area contributed by atoms with Crippen LogP contribution in [0.25, 0.3) is 11.0 Å². The fraction of sp³-hybridized carbons (Fsp3) is 0.353. The van der Waals surface area contributed by atoms with Gasteiger partial charge in [0.25, 0.3) is 0 Å². The van der Waals surface area contributed by atoms with Crippen LogP contribution in [0.15, 0.2) is 99.2 Å². The van der Waals surface area contributed by atoms with Gasteiger partial charge in [0.1, 0.15) is 11.3 Å². The number of para-hydroxylation sites is 2. The molecule has 4 rings (SSSR count). The average Bonchev–Trinajstić information content (AvgIpc) is 2.99. The minimum atomic E-state index is -0.521. The molecular formula is C34H41N3O3. The maximum absolute atomic E-state index is 13.6. The number of nitrogens with one attached hydrogen (secondary N) is 1. The zero-order valence-electron chi connectivity index (χ0n) is 23.8. The Morgan fingerprint density at radius 1 is 0.900 bits per heavy atom. The van der Waals surface area contributed by atoms with Crippen molar-refractivity contribution in [2.45, 2.75) is 52.4 Å². The van der Waals surface area contributed by atoms with Crippen molar-refractivity contribution in [1.82, 2.24) is 4.90 Å². The molecule has 0 fully saturated rings. The lowest BCUT2D eigenvalue weighted by atomic mass is 9.78. The Labute approximate surface area is 237 Å². The summed E-state index contributed by atoms with van der Waals surface area (Å²) in [5.74, 6) is -0.695. The molecule has 6 heteroatoms. The Morgan fingerprint density at radius 2 is 1.50 bits per heavy atom. The number of hydrogen-bond donors (Lipinski definition) is 2. The second-order valence-electron chi connectivity index (χ2n) is 10.4. The number of hydrogen-bond acceptors (Lipinski definition) is 6. The van der Waals surface area contributed by atoms with Crippen LogP contribution >= 0.6 is 0 Å². The zero-order chi connectivity index (χ0) is 28.3. The van der Waals surface area contributed by atoms with Crippen LogP contribution in [0.5, 0.6) is 5.75 Å². The molecule has 1 heterocycles. The first-order valence-electron chi connectivity index (χ1n) is 14.4. The predicted octanol–water partition coefficient (Wildman–Crippen LogP) is 7.64. The van der Waals surface area contributed by atoms with E-state index in [1.807, 2.05) is 73.7 Å². The van der Waals surface area contributed by atoms with E-state index in [0.717, 1.165) is 55.7 Å². The van der Waals surface area contributed by atoms with Crippen LogP contribution in [0.3, 0.4) is 0 Å². The van der Waals surface area contributed by atoms with Crippen LogP contribution in [0, 0.1) is 5.92 Å². The Balaban J connectivity index is 1.87. The molecule has 40 heavy (non-hydrogen) atoms. The van der Waals surface area contributed by atoms with Crippen molar-refractivity contribution in [2.24, 2.45) is 11.0 Å². The van der Waals surface area contributed by atoms with E-state index in [2.05, 4.69) is 24.2 Å². The third-order valence-electron chi connectivity index (χ3n) is 7.47. The van der Waals surface area contributed by atoms with E-state index in [9.17, 15) is 9.90 Å². The molecule has 0 bridgehead atoms. The van der Waals surface area contributed by atoms with Gasteiger partial charge in [0, 0.05) is 24.1 Å². The molecule has 1 aromatic heterocycles. The highest BCUT2D eigenvalue weighted by Gasteiger charge is 2.34. The van der Waals surface area contributed by atoms with Gasteiger partial charge in [-0.25, -0.2) is 4.79 Å². The van der Waals surface area contributed by atoms with E-state index in [1.165, 1.54) is 0 Å². The van der Waals surface area contributed by atoms with E-state index < -0.39 is 11.5 Å². The monoisotopic (exact) mass is 539 g/mol. The molecule has 0 saturated heterocycles. The van der Waals surface area contributed by atoms with E-state index in [0.29, 0.717) is 17.5 Å². The van der Waals surface area contributed by atoms with Gasteiger partial charge >= 0.3 is 5.63 Å². The molecule has 0 amide bonds. The fourth-order valence-electron chi connectivity index (χ4n) is 5.25. The number of fused-ring (bicyclic) bond motifs is 1. The van der Waals surface area contributed by atoms with Crippen LogP contribution in [0.1, 0.15) is 63.5 Å². The number of aromatic hydroxyl groups is 1. The van der Waals surface area contributed by atoms with Crippen LogP contribution in [0.4, 0.5) is 5.69 Å². The SMILES string of the molecule is CCCCN(CCCC)C[C@@H](/C(C)=N\Nc1ccccc1)[C@H](c1ccccc1)c1c(O)c2ccccc2oc1=O. The Bertz CT molecular complexity index is 1430. The Hall–Kier alpha value is -3.90. The van der Waals surface area contributed by atoms with Gasteiger partial charge in [0.2, 0.25) is 0 Å². The fourth-order valence-corrected chi connectivity index (χ4v) is 5.25. The van der Waals surface area contributed by atoms with Crippen molar-refractivity contribution in [2.75, 3.05) is 25.1 Å². The van der Waals surface area contributed by atoms with Crippen LogP contribution in [-0.2, 0) is 0 Å². The molecule has 0 spiro atoms. The van der Waals surface area contributed by atoms with Gasteiger partial charge in [-0.15, -0.1) is 0 Å². The second kappa shape index (κ2) is 14.5. The molecule has 0 aliphatic carbocycles. The van der Waals surface area contributed by atoms with Crippen LogP contribution < -0.4 is 11.1 Å². The molecule has 210 valence electrons. The number of rotatable bonds is 14. The smallest absolute Gasteiger partial charge is 0.343 e. The topological polar surface area (TPSA) is 78.1 Å². The number of anilines is 1. The largest absolute Gasteiger partial charge is 0.507 e. The quantitative estimate of drug-likeness (QED) is 0.0978. The molecular weight excluding hydrogens is 498 g/mol. The summed E-state index contributed by atoms with van der Waals surface area (Å²) in [4.78, 5) is 16.1. The first-order chi connectivity index (χ1) is 19.5. The minimum absolute atomic E-state index is 0.0248. The summed E-state index contributed by atoms with van der Waals surface area (Å²) >= 11 is 0. The summed E-state index contributed by atoms with van der Waals surface area (Å²) in [5.41, 5.74) is 6.01. The van der Waals surface area contributed by atoms with Gasteiger partial charge in [-0.3, -0.25) is 5.43 Å². The van der Waals surface area contributed by atoms with Gasteiger partial charge in [-0.1, -0.05) is 87.4 Å². The first kappa shape index (κ1) is 29.1. The normalized spacial score (nSPS) is 13.4. The molecule has 0 unspecified atom stereocenters. The zero-order valence-corrected chi connectivity index (χ0v) is 23.8. The molecule has 0 radical (unpaired) electrons. The van der Waals surface area contributed by atoms with Crippen molar-refractivity contribution in [1.29, 1.82) is 0 Å². The third kappa shape index (κ3) is 7.19. The molecule has 0 saturated carbocycles. The van der Waals surface area contributed by atoms with E-state index in [1.54, 1.807) is 18.2 Å². The third-order valence-corrected chi connectivity index (χ3v) is 7.47. The van der Waals surface area contributed by atoms with Gasteiger partial charge in [0.15, 0.2) is 0 Å². The summed E-state index contributed by atoms with van der Waals surface area (Å²) < 4.78 is 5.79. The highest BCUT2D eigenvalue weighted by atomic mass is 16.4. The van der Waals surface area contributed by atoms with Gasteiger partial charge in [-0.2, -0.15) is 5.10 Å². The van der Waals surface area contributed by atoms with E-state index in [4.69, 9.17) is 9.52 Å². The molecule has 0 aliphatic rings. The van der Waals surface area contributed by atoms with Crippen molar-refractivity contribution in [3.05, 3.63) is 106 Å². The molecule has 2 atom stereocenters. The van der Waals surface area contributed by atoms with Gasteiger partial charge in [-0.05, 0) is 62.7 Å². The highest BCUT2D eigenvalue weighted by Crippen LogP contribution is 2.39. The maximum atomic E-state index is 13.6. The summed E-state index contributed by atoms with van der Waals surface area (Å²) in [6.45, 7) is 9.04. The molecule has 2 N–H and O–H groups in total. The van der Waals surface area contributed by atoms with Crippen molar-refractivity contribution < 1.29 is 9.52 Å². The first-order valence-corrected chi connectivity index (χ1v) is 14.4. The standard InChI is InChI=1S/C34H41N3O3/c1-4-6-22-37(23-7-5-2)24-29(25(3)35-36-27-18-12-9-13-19-27)31(26-16-10-8-11-17-26)32-33(38)28-20-14-15-21-30(28)40-34(32)39/h8-21,29,31,36,38H,4-7,22-24H2,1-3H3/b35-25-/t29-,31-/m0/s1. The van der Waals surface area contributed by atoms with Crippen molar-refractivity contribution >= 4 is 22.4 Å². The maximum Gasteiger partial charge on any atom is 0.343 e. The summed E-state index contributed by atoms with van der Waals surface area (Å²) in [7, 11) is 0. The molecule has 6 nitrogen and oxygen atoms in total. The number of nitrogens with zero attached hydrogens (tertiary/aromatic N) is 2. The molecule has 0 aliphatic heterocycles. The lowest BCUT2D eigenvalue weighted by Crippen LogP contribution is -2.38. The van der Waals surface area contributed by atoms with Crippen LogP contribution in [0.2, 0.25) is 0 Å². The van der Waals surface area contributed by atoms with E-state index in [-0.39, 0.29) is 17.2 Å². The summed E-state index contributed by atoms with van der Waals surface area (Å²) in [6, 6.07) is 26.9. The molecule has 3 aromatic carbocycles. The summed E-state index contributed by atoms with van der Waals surface area (Å²) in [6.07, 6.45) is 4.39. The van der Waals surface area contributed by atoms with Crippen molar-refractivity contribution in [3.8, 4) is 5.75 Å². The summed E-state index contributed by atoms with van der Waals surface area (Å²) in [5, 5.41) is 16.9. The Kier molecular flexibility index (Phi) is 10.5. The second-order valence-corrected chi connectivity index (χ2v) is 10.4. The number of hydrazone groups is 1. The lowest BCUT2D eigenvalue weighted by Gasteiger charge is -2.33. The number of unbranched alkanes of at least 4 members (excludes halogenated alkanes) is 2. The van der Waals surface area contributed by atoms with Crippen molar-refractivity contribution in [3.63, 3.8) is 0 Å². The molecule has 4 aromatic rings. The van der Waals surface area contributed by atoms with Crippen LogP contribution in [-0.4, -0.2) is 35.4 Å².